The van der Waals surface area contributed by atoms with Gasteiger partial charge in [0.25, 0.3) is 0 Å². The maximum atomic E-state index is 12.9. The summed E-state index contributed by atoms with van der Waals surface area (Å²) in [4.78, 5) is 21.4. The molecule has 0 saturated carbocycles. The number of nitrogens with zero attached hydrogens (tertiary/aromatic N) is 2. The normalized spacial score (nSPS) is 22.8. The molecule has 12 heteroatoms. The number of hydrogen-bond donors (Lipinski definition) is 3. The number of aromatic nitrogens is 2. The topological polar surface area (TPSA) is 107 Å². The number of hydrogen-bond acceptors (Lipinski definition) is 7. The van der Waals surface area contributed by atoms with E-state index in [1.54, 1.807) is 19.4 Å². The molecule has 0 aliphatic carbocycles. The summed E-state index contributed by atoms with van der Waals surface area (Å²) in [6.07, 6.45) is -3.68. The zero-order chi connectivity index (χ0) is 26.0. The Bertz CT molecular complexity index is 1270. The van der Waals surface area contributed by atoms with Crippen LogP contribution in [0.4, 0.5) is 29.6 Å². The van der Waals surface area contributed by atoms with Crippen molar-refractivity contribution in [3.8, 4) is 17.0 Å². The summed E-state index contributed by atoms with van der Waals surface area (Å²) in [5.41, 5.74) is 0.689. The fraction of sp³-hybridized carbons (Fsp3) is 0.320. The van der Waals surface area contributed by atoms with E-state index in [0.29, 0.717) is 24.0 Å². The van der Waals surface area contributed by atoms with Crippen LogP contribution in [0.5, 0.6) is 5.75 Å². The number of rotatable bonds is 6. The molecule has 2 aliphatic rings. The fourth-order valence-corrected chi connectivity index (χ4v) is 4.46. The molecule has 9 nitrogen and oxygen atoms in total. The summed E-state index contributed by atoms with van der Waals surface area (Å²) < 4.78 is 56.0. The number of para-hydroxylation sites is 1. The number of anilines is 2. The van der Waals surface area contributed by atoms with Crippen molar-refractivity contribution in [2.24, 2.45) is 0 Å². The lowest BCUT2D eigenvalue weighted by Crippen LogP contribution is -2.46. The smallest absolute Gasteiger partial charge is 0.416 e. The first kappa shape index (κ1) is 24.8. The lowest BCUT2D eigenvalue weighted by atomic mass is 10.1. The Labute approximate surface area is 210 Å². The van der Waals surface area contributed by atoms with E-state index in [4.69, 9.17) is 14.2 Å². The summed E-state index contributed by atoms with van der Waals surface area (Å²) in [5.74, 6) is 1.08. The summed E-state index contributed by atoms with van der Waals surface area (Å²) in [6, 6.07) is 12.3. The molecule has 37 heavy (non-hydrogen) atoms. The molecule has 3 heterocycles. The first-order valence-electron chi connectivity index (χ1n) is 11.5. The predicted octanol–water partition coefficient (Wildman–Crippen LogP) is 3.94. The van der Waals surface area contributed by atoms with Gasteiger partial charge in [-0.25, -0.2) is 14.8 Å². The molecule has 5 rings (SSSR count). The van der Waals surface area contributed by atoms with Crippen molar-refractivity contribution < 1.29 is 32.2 Å². The Kier molecular flexibility index (Phi) is 6.85. The van der Waals surface area contributed by atoms with Crippen molar-refractivity contribution in [2.75, 3.05) is 31.0 Å². The molecule has 3 aromatic rings. The van der Waals surface area contributed by atoms with Crippen LogP contribution < -0.4 is 20.7 Å². The van der Waals surface area contributed by atoms with Crippen LogP contribution >= 0.6 is 0 Å². The van der Waals surface area contributed by atoms with E-state index in [1.165, 1.54) is 12.1 Å². The number of benzene rings is 2. The first-order chi connectivity index (χ1) is 17.8. The lowest BCUT2D eigenvalue weighted by Gasteiger charge is -2.19. The van der Waals surface area contributed by atoms with Crippen LogP contribution in [0.25, 0.3) is 11.3 Å². The molecule has 0 bridgehead atoms. The zero-order valence-electron chi connectivity index (χ0n) is 19.7. The van der Waals surface area contributed by atoms with Crippen molar-refractivity contribution in [1.29, 1.82) is 0 Å². The van der Waals surface area contributed by atoms with E-state index in [1.807, 2.05) is 24.3 Å². The van der Waals surface area contributed by atoms with Crippen LogP contribution in [-0.4, -0.2) is 60.6 Å². The molecule has 0 radical (unpaired) electrons. The van der Waals surface area contributed by atoms with Gasteiger partial charge in [0.1, 0.15) is 18.0 Å². The SMILES string of the molecule is COc1ccccc1-c1ccnc(NC2COC3C(NC(=O)Nc4cccc(C(F)(F)F)c4)COC23)n1. The summed E-state index contributed by atoms with van der Waals surface area (Å²) >= 11 is 0. The van der Waals surface area contributed by atoms with Crippen LogP contribution in [0.15, 0.2) is 60.8 Å². The van der Waals surface area contributed by atoms with Gasteiger partial charge in [0.2, 0.25) is 5.95 Å². The number of urea groups is 1. The van der Waals surface area contributed by atoms with Crippen molar-refractivity contribution in [3.05, 3.63) is 66.4 Å². The number of amides is 2. The Balaban J connectivity index is 1.20. The van der Waals surface area contributed by atoms with Crippen LogP contribution in [0.2, 0.25) is 0 Å². The van der Waals surface area contributed by atoms with Crippen molar-refractivity contribution >= 4 is 17.7 Å². The second kappa shape index (κ2) is 10.2. The van der Waals surface area contributed by atoms with Gasteiger partial charge in [-0.15, -0.1) is 0 Å². The molecule has 3 N–H and O–H groups in total. The van der Waals surface area contributed by atoms with E-state index < -0.39 is 29.9 Å². The van der Waals surface area contributed by atoms with Gasteiger partial charge in [0, 0.05) is 17.4 Å². The molecule has 194 valence electrons. The number of carbonyl (C=O) groups excluding carboxylic acids is 1. The quantitative estimate of drug-likeness (QED) is 0.457. The number of carbonyl (C=O) groups is 1. The number of fused-ring (bicyclic) bond motifs is 1. The van der Waals surface area contributed by atoms with Crippen LogP contribution in [0.1, 0.15) is 5.56 Å². The van der Waals surface area contributed by atoms with E-state index >= 15 is 0 Å². The number of methoxy groups -OCH3 is 1. The summed E-state index contributed by atoms with van der Waals surface area (Å²) in [5, 5.41) is 8.41. The second-order valence-electron chi connectivity index (χ2n) is 8.60. The van der Waals surface area contributed by atoms with Gasteiger partial charge in [-0.05, 0) is 36.4 Å². The highest BCUT2D eigenvalue weighted by Gasteiger charge is 2.48. The molecule has 1 aromatic heterocycles. The Hall–Kier alpha value is -3.90. The zero-order valence-corrected chi connectivity index (χ0v) is 19.7. The maximum absolute atomic E-state index is 12.9. The van der Waals surface area contributed by atoms with Gasteiger partial charge in [0.15, 0.2) is 0 Å². The first-order valence-corrected chi connectivity index (χ1v) is 11.5. The molecule has 0 spiro atoms. The largest absolute Gasteiger partial charge is 0.496 e. The predicted molar refractivity (Wildman–Crippen MR) is 128 cm³/mol. The minimum atomic E-state index is -4.50. The van der Waals surface area contributed by atoms with Gasteiger partial charge >= 0.3 is 12.2 Å². The summed E-state index contributed by atoms with van der Waals surface area (Å²) in [6.45, 7) is 0.483. The van der Waals surface area contributed by atoms with E-state index in [9.17, 15) is 18.0 Å². The Morgan fingerprint density at radius 3 is 2.57 bits per heavy atom. The summed E-state index contributed by atoms with van der Waals surface area (Å²) in [7, 11) is 1.59. The molecule has 2 fully saturated rings. The third-order valence-corrected chi connectivity index (χ3v) is 6.17. The number of halogens is 3. The minimum absolute atomic E-state index is 0.0294. The van der Waals surface area contributed by atoms with Crippen LogP contribution in [0.3, 0.4) is 0 Å². The van der Waals surface area contributed by atoms with Gasteiger partial charge in [-0.2, -0.15) is 13.2 Å². The molecular formula is C25H24F3N5O4. The van der Waals surface area contributed by atoms with Crippen molar-refractivity contribution in [3.63, 3.8) is 0 Å². The van der Waals surface area contributed by atoms with Gasteiger partial charge in [-0.3, -0.25) is 0 Å². The number of ether oxygens (including phenoxy) is 3. The fourth-order valence-electron chi connectivity index (χ4n) is 4.46. The molecule has 2 aliphatic heterocycles. The van der Waals surface area contributed by atoms with E-state index in [2.05, 4.69) is 25.9 Å². The Morgan fingerprint density at radius 2 is 1.78 bits per heavy atom. The minimum Gasteiger partial charge on any atom is -0.496 e. The van der Waals surface area contributed by atoms with Crippen LogP contribution in [-0.2, 0) is 15.7 Å². The van der Waals surface area contributed by atoms with Crippen molar-refractivity contribution in [1.82, 2.24) is 15.3 Å². The monoisotopic (exact) mass is 515 g/mol. The molecule has 4 unspecified atom stereocenters. The molecule has 2 amide bonds. The third-order valence-electron chi connectivity index (χ3n) is 6.17. The second-order valence-corrected chi connectivity index (χ2v) is 8.60. The standard InChI is InChI=1S/C25H24F3N5O4/c1-35-20-8-3-2-7-16(20)17-9-10-29-23(31-17)32-18-12-36-22-19(13-37-21(18)22)33-24(34)30-15-6-4-5-14(11-15)25(26,27)28/h2-11,18-19,21-22H,12-13H2,1H3,(H,29,31,32)(H2,30,33,34). The molecule has 2 aromatic carbocycles. The highest BCUT2D eigenvalue weighted by atomic mass is 19.4. The van der Waals surface area contributed by atoms with E-state index in [0.717, 1.165) is 17.7 Å². The van der Waals surface area contributed by atoms with Gasteiger partial charge in [-0.1, -0.05) is 18.2 Å². The molecule has 2 saturated heterocycles. The average molecular weight is 515 g/mol. The molecule has 4 atom stereocenters. The van der Waals surface area contributed by atoms with Gasteiger partial charge < -0.3 is 30.2 Å². The third kappa shape index (κ3) is 5.44. The van der Waals surface area contributed by atoms with Crippen LogP contribution in [0, 0.1) is 0 Å². The highest BCUT2D eigenvalue weighted by Crippen LogP contribution is 2.32. The van der Waals surface area contributed by atoms with Crippen molar-refractivity contribution in [2.45, 2.75) is 30.5 Å². The maximum Gasteiger partial charge on any atom is 0.416 e. The average Bonchev–Trinajstić information content (AvgIpc) is 3.47. The number of alkyl halides is 3. The Morgan fingerprint density at radius 1 is 1.03 bits per heavy atom. The van der Waals surface area contributed by atoms with Gasteiger partial charge in [0.05, 0.1) is 43.7 Å². The van der Waals surface area contributed by atoms with E-state index in [-0.39, 0.29) is 24.4 Å². The number of nitrogens with one attached hydrogen (secondary N) is 3. The highest BCUT2D eigenvalue weighted by molar-refractivity contribution is 5.89. The lowest BCUT2D eigenvalue weighted by molar-refractivity contribution is -0.137. The molecular weight excluding hydrogens is 491 g/mol.